The van der Waals surface area contributed by atoms with E-state index in [2.05, 4.69) is 11.8 Å². The molecular formula is C16H25ClN2O. The van der Waals surface area contributed by atoms with E-state index in [0.717, 1.165) is 43.1 Å². The molecule has 0 aliphatic carbocycles. The molecule has 2 unspecified atom stereocenters. The summed E-state index contributed by atoms with van der Waals surface area (Å²) in [5, 5.41) is 0.757. The van der Waals surface area contributed by atoms with Crippen molar-refractivity contribution in [1.82, 2.24) is 4.90 Å². The molecule has 0 saturated carbocycles. The fourth-order valence-electron chi connectivity index (χ4n) is 2.86. The van der Waals surface area contributed by atoms with Crippen LogP contribution in [0.15, 0.2) is 24.3 Å². The lowest BCUT2D eigenvalue weighted by atomic mass is 9.94. The molecule has 0 radical (unpaired) electrons. The first-order valence-corrected chi connectivity index (χ1v) is 7.69. The third kappa shape index (κ3) is 4.19. The van der Waals surface area contributed by atoms with Gasteiger partial charge in [-0.1, -0.05) is 23.7 Å². The molecule has 2 N–H and O–H groups in total. The van der Waals surface area contributed by atoms with Gasteiger partial charge >= 0.3 is 0 Å². The third-order valence-electron chi connectivity index (χ3n) is 4.29. The molecular weight excluding hydrogens is 272 g/mol. The zero-order valence-electron chi connectivity index (χ0n) is 12.4. The molecule has 0 aromatic heterocycles. The highest BCUT2D eigenvalue weighted by molar-refractivity contribution is 6.30. The molecule has 3 nitrogen and oxygen atoms in total. The largest absolute Gasteiger partial charge is 0.377 e. The van der Waals surface area contributed by atoms with Gasteiger partial charge in [-0.25, -0.2) is 0 Å². The van der Waals surface area contributed by atoms with Crippen molar-refractivity contribution in [2.75, 3.05) is 26.7 Å². The summed E-state index contributed by atoms with van der Waals surface area (Å²) in [6.07, 6.45) is 3.30. The van der Waals surface area contributed by atoms with Gasteiger partial charge in [0.05, 0.1) is 5.60 Å². The zero-order valence-corrected chi connectivity index (χ0v) is 13.2. The summed E-state index contributed by atoms with van der Waals surface area (Å²) >= 11 is 5.90. The maximum Gasteiger partial charge on any atom is 0.0777 e. The Morgan fingerprint density at radius 2 is 2.10 bits per heavy atom. The van der Waals surface area contributed by atoms with E-state index in [4.69, 9.17) is 22.1 Å². The van der Waals surface area contributed by atoms with Gasteiger partial charge in [-0.2, -0.15) is 0 Å². The number of methoxy groups -OCH3 is 1. The molecule has 0 bridgehead atoms. The van der Waals surface area contributed by atoms with Gasteiger partial charge in [-0.15, -0.1) is 0 Å². The minimum atomic E-state index is 0.00260. The van der Waals surface area contributed by atoms with Crippen LogP contribution in [0.25, 0.3) is 0 Å². The molecule has 2 rings (SSSR count). The molecule has 1 aromatic rings. The quantitative estimate of drug-likeness (QED) is 0.906. The van der Waals surface area contributed by atoms with Gasteiger partial charge in [0.1, 0.15) is 0 Å². The number of nitrogens with two attached hydrogens (primary N) is 1. The maximum absolute atomic E-state index is 6.26. The number of hydrogen-bond acceptors (Lipinski definition) is 3. The third-order valence-corrected chi connectivity index (χ3v) is 4.54. The molecule has 0 spiro atoms. The summed E-state index contributed by atoms with van der Waals surface area (Å²) in [4.78, 5) is 2.46. The molecule has 4 heteroatoms. The first-order valence-electron chi connectivity index (χ1n) is 7.31. The fraction of sp³-hybridized carbons (Fsp3) is 0.625. The standard InChI is InChI=1S/C16H25ClN2O/c1-16(20-2)9-3-10-19(12-16)11-8-15(18)13-4-6-14(17)7-5-13/h4-7,15H,3,8-12,18H2,1-2H3. The van der Waals surface area contributed by atoms with E-state index in [9.17, 15) is 0 Å². The van der Waals surface area contributed by atoms with Crippen molar-refractivity contribution in [3.05, 3.63) is 34.9 Å². The minimum Gasteiger partial charge on any atom is -0.377 e. The molecule has 1 fully saturated rings. The molecule has 1 saturated heterocycles. The summed E-state index contributed by atoms with van der Waals surface area (Å²) in [7, 11) is 1.81. The number of nitrogens with zero attached hydrogens (tertiary/aromatic N) is 1. The lowest BCUT2D eigenvalue weighted by molar-refractivity contribution is -0.0510. The summed E-state index contributed by atoms with van der Waals surface area (Å²) in [6, 6.07) is 7.91. The SMILES string of the molecule is COC1(C)CCCN(CCC(N)c2ccc(Cl)cc2)C1. The molecule has 112 valence electrons. The smallest absolute Gasteiger partial charge is 0.0777 e. The number of rotatable bonds is 5. The van der Waals surface area contributed by atoms with Gasteiger partial charge in [-0.05, 0) is 50.4 Å². The first kappa shape index (κ1) is 15.8. The Kier molecular flexibility index (Phi) is 5.44. The van der Waals surface area contributed by atoms with Crippen molar-refractivity contribution in [3.8, 4) is 0 Å². The number of piperidine rings is 1. The average Bonchev–Trinajstić information content (AvgIpc) is 2.46. The van der Waals surface area contributed by atoms with Crippen LogP contribution in [0.1, 0.15) is 37.8 Å². The predicted octanol–water partition coefficient (Wildman–Crippen LogP) is 3.23. The number of likely N-dealkylation sites (tertiary alicyclic amines) is 1. The van der Waals surface area contributed by atoms with E-state index in [1.54, 1.807) is 0 Å². The molecule has 1 heterocycles. The Morgan fingerprint density at radius 1 is 1.40 bits per heavy atom. The van der Waals surface area contributed by atoms with E-state index in [0.29, 0.717) is 0 Å². The number of halogens is 1. The van der Waals surface area contributed by atoms with E-state index < -0.39 is 0 Å². The van der Waals surface area contributed by atoms with Crippen LogP contribution >= 0.6 is 11.6 Å². The highest BCUT2D eigenvalue weighted by Gasteiger charge is 2.30. The molecule has 1 aliphatic heterocycles. The predicted molar refractivity (Wildman–Crippen MR) is 84.1 cm³/mol. The van der Waals surface area contributed by atoms with Crippen LogP contribution in [-0.4, -0.2) is 37.2 Å². The van der Waals surface area contributed by atoms with Crippen molar-refractivity contribution in [3.63, 3.8) is 0 Å². The highest BCUT2D eigenvalue weighted by atomic mass is 35.5. The highest BCUT2D eigenvalue weighted by Crippen LogP contribution is 2.25. The summed E-state index contributed by atoms with van der Waals surface area (Å²) in [5.41, 5.74) is 7.42. The van der Waals surface area contributed by atoms with Crippen LogP contribution in [0, 0.1) is 0 Å². The van der Waals surface area contributed by atoms with Crippen LogP contribution < -0.4 is 5.73 Å². The second-order valence-corrected chi connectivity index (χ2v) is 6.42. The number of benzene rings is 1. The fourth-order valence-corrected chi connectivity index (χ4v) is 2.99. The van der Waals surface area contributed by atoms with Crippen molar-refractivity contribution >= 4 is 11.6 Å². The van der Waals surface area contributed by atoms with Crippen LogP contribution in [0.3, 0.4) is 0 Å². The van der Waals surface area contributed by atoms with Crippen LogP contribution in [0.5, 0.6) is 0 Å². The van der Waals surface area contributed by atoms with Crippen molar-refractivity contribution in [2.45, 2.75) is 37.8 Å². The Balaban J connectivity index is 1.84. The molecule has 1 aliphatic rings. The normalized spacial score (nSPS) is 25.6. The monoisotopic (exact) mass is 296 g/mol. The Hall–Kier alpha value is -0.610. The van der Waals surface area contributed by atoms with Crippen molar-refractivity contribution in [1.29, 1.82) is 0 Å². The Bertz CT molecular complexity index is 423. The summed E-state index contributed by atoms with van der Waals surface area (Å²) in [6.45, 7) is 5.35. The van der Waals surface area contributed by atoms with E-state index in [1.807, 2.05) is 31.4 Å². The molecule has 20 heavy (non-hydrogen) atoms. The second kappa shape index (κ2) is 6.90. The van der Waals surface area contributed by atoms with Gasteiger partial charge in [0.2, 0.25) is 0 Å². The second-order valence-electron chi connectivity index (χ2n) is 5.98. The van der Waals surface area contributed by atoms with E-state index >= 15 is 0 Å². The van der Waals surface area contributed by atoms with Gasteiger partial charge in [0.25, 0.3) is 0 Å². The van der Waals surface area contributed by atoms with Crippen LogP contribution in [-0.2, 0) is 4.74 Å². The topological polar surface area (TPSA) is 38.5 Å². The summed E-state index contributed by atoms with van der Waals surface area (Å²) < 4.78 is 5.63. The molecule has 0 amide bonds. The van der Waals surface area contributed by atoms with Gasteiger partial charge < -0.3 is 15.4 Å². The summed E-state index contributed by atoms with van der Waals surface area (Å²) in [5.74, 6) is 0. The molecule has 1 aromatic carbocycles. The van der Waals surface area contributed by atoms with Crippen molar-refractivity contribution < 1.29 is 4.74 Å². The minimum absolute atomic E-state index is 0.00260. The lowest BCUT2D eigenvalue weighted by Crippen LogP contribution is -2.47. The zero-order chi connectivity index (χ0) is 14.6. The number of hydrogen-bond donors (Lipinski definition) is 1. The van der Waals surface area contributed by atoms with Gasteiger partial charge in [-0.3, -0.25) is 0 Å². The van der Waals surface area contributed by atoms with Gasteiger partial charge in [0.15, 0.2) is 0 Å². The van der Waals surface area contributed by atoms with E-state index in [-0.39, 0.29) is 11.6 Å². The van der Waals surface area contributed by atoms with Gasteiger partial charge in [0, 0.05) is 31.3 Å². The maximum atomic E-state index is 6.26. The number of ether oxygens (including phenoxy) is 1. The Labute approximate surface area is 127 Å². The molecule has 2 atom stereocenters. The van der Waals surface area contributed by atoms with Crippen LogP contribution in [0.2, 0.25) is 5.02 Å². The van der Waals surface area contributed by atoms with E-state index in [1.165, 1.54) is 6.42 Å². The van der Waals surface area contributed by atoms with Crippen molar-refractivity contribution in [2.24, 2.45) is 5.73 Å². The van der Waals surface area contributed by atoms with Crippen LogP contribution in [0.4, 0.5) is 0 Å². The lowest BCUT2D eigenvalue weighted by Gasteiger charge is -2.39. The Morgan fingerprint density at radius 3 is 2.75 bits per heavy atom. The first-order chi connectivity index (χ1) is 9.52. The average molecular weight is 297 g/mol.